The van der Waals surface area contributed by atoms with Gasteiger partial charge in [-0.15, -0.1) is 5.10 Å². The number of tetrazole rings is 1. The Morgan fingerprint density at radius 3 is 2.75 bits per heavy atom. The number of hydrogen-bond acceptors (Lipinski definition) is 4. The summed E-state index contributed by atoms with van der Waals surface area (Å²) in [6.07, 6.45) is 4.04. The Labute approximate surface area is 118 Å². The first kappa shape index (κ1) is 13.0. The molecule has 3 rings (SSSR count). The second-order valence-electron chi connectivity index (χ2n) is 5.39. The Kier molecular flexibility index (Phi) is 3.12. The molecular weight excluding hydrogens is 252 g/mol. The molecule has 0 spiro atoms. The van der Waals surface area contributed by atoms with Crippen LogP contribution in [0.25, 0.3) is 5.69 Å². The van der Waals surface area contributed by atoms with Crippen LogP contribution in [0.2, 0.25) is 0 Å². The minimum atomic E-state index is -0.167. The first-order valence-corrected chi connectivity index (χ1v) is 7.08. The lowest BCUT2D eigenvalue weighted by Crippen LogP contribution is -2.47. The minimum Gasteiger partial charge on any atom is -0.299 e. The summed E-state index contributed by atoms with van der Waals surface area (Å²) < 4.78 is 1.64. The van der Waals surface area contributed by atoms with E-state index in [-0.39, 0.29) is 5.41 Å². The molecule has 1 heterocycles. The first-order valence-electron chi connectivity index (χ1n) is 7.08. The number of rotatable bonds is 4. The number of ketones is 1. The third kappa shape index (κ3) is 1.77. The van der Waals surface area contributed by atoms with E-state index < -0.39 is 0 Å². The molecule has 0 radical (unpaired) electrons. The molecule has 5 heteroatoms. The number of hydrogen-bond donors (Lipinski definition) is 0. The Morgan fingerprint density at radius 2 is 2.15 bits per heavy atom. The lowest BCUT2D eigenvalue weighted by molar-refractivity contribution is -0.141. The molecule has 1 unspecified atom stereocenters. The molecule has 0 amide bonds. The van der Waals surface area contributed by atoms with Crippen LogP contribution in [0, 0.1) is 5.41 Å². The van der Waals surface area contributed by atoms with E-state index in [9.17, 15) is 4.79 Å². The van der Waals surface area contributed by atoms with Gasteiger partial charge in [0.2, 0.25) is 0 Å². The van der Waals surface area contributed by atoms with Gasteiger partial charge < -0.3 is 0 Å². The molecule has 104 valence electrons. The molecule has 1 aromatic heterocycles. The van der Waals surface area contributed by atoms with E-state index in [4.69, 9.17) is 0 Å². The van der Waals surface area contributed by atoms with E-state index in [1.165, 1.54) is 5.56 Å². The van der Waals surface area contributed by atoms with Crippen LogP contribution in [0.15, 0.2) is 30.6 Å². The Bertz CT molecular complexity index is 617. The Balaban J connectivity index is 1.96. The molecule has 0 saturated heterocycles. The van der Waals surface area contributed by atoms with Crippen molar-refractivity contribution in [1.82, 2.24) is 20.2 Å². The van der Waals surface area contributed by atoms with Crippen molar-refractivity contribution in [3.8, 4) is 5.69 Å². The quantitative estimate of drug-likeness (QED) is 0.856. The molecule has 5 nitrogen and oxygen atoms in total. The van der Waals surface area contributed by atoms with Crippen LogP contribution in [0.1, 0.15) is 44.6 Å². The highest BCUT2D eigenvalue weighted by Gasteiger charge is 2.52. The molecular formula is C15H18N4O. The van der Waals surface area contributed by atoms with Crippen molar-refractivity contribution in [1.29, 1.82) is 0 Å². The van der Waals surface area contributed by atoms with Crippen LogP contribution in [-0.4, -0.2) is 26.0 Å². The van der Waals surface area contributed by atoms with Gasteiger partial charge in [0.1, 0.15) is 12.1 Å². The number of carbonyl (C=O) groups excluding carboxylic acids is 1. The van der Waals surface area contributed by atoms with Gasteiger partial charge in [-0.2, -0.15) is 0 Å². The van der Waals surface area contributed by atoms with E-state index in [0.29, 0.717) is 18.1 Å². The minimum absolute atomic E-state index is 0.167. The van der Waals surface area contributed by atoms with Crippen molar-refractivity contribution in [3.05, 3.63) is 36.2 Å². The average molecular weight is 270 g/mol. The maximum atomic E-state index is 12.1. The van der Waals surface area contributed by atoms with Gasteiger partial charge in [-0.05, 0) is 41.0 Å². The van der Waals surface area contributed by atoms with E-state index in [2.05, 4.69) is 41.5 Å². The summed E-state index contributed by atoms with van der Waals surface area (Å²) in [5, 5.41) is 11.2. The fourth-order valence-electron chi connectivity index (χ4n) is 3.38. The van der Waals surface area contributed by atoms with Gasteiger partial charge in [0.25, 0.3) is 0 Å². The second-order valence-corrected chi connectivity index (χ2v) is 5.39. The van der Waals surface area contributed by atoms with Crippen molar-refractivity contribution in [3.63, 3.8) is 0 Å². The predicted octanol–water partition coefficient (Wildman–Crippen LogP) is 2.53. The van der Waals surface area contributed by atoms with Gasteiger partial charge in [0.05, 0.1) is 5.69 Å². The summed E-state index contributed by atoms with van der Waals surface area (Å²) >= 11 is 0. The van der Waals surface area contributed by atoms with Crippen molar-refractivity contribution >= 4 is 5.78 Å². The van der Waals surface area contributed by atoms with Crippen LogP contribution in [0.3, 0.4) is 0 Å². The van der Waals surface area contributed by atoms with Gasteiger partial charge >= 0.3 is 0 Å². The van der Waals surface area contributed by atoms with Crippen molar-refractivity contribution < 1.29 is 4.79 Å². The van der Waals surface area contributed by atoms with Crippen LogP contribution < -0.4 is 0 Å². The summed E-state index contributed by atoms with van der Waals surface area (Å²) in [6, 6.07) is 8.17. The molecule has 1 atom stereocenters. The summed E-state index contributed by atoms with van der Waals surface area (Å²) in [7, 11) is 0. The molecule has 1 aromatic carbocycles. The standard InChI is InChI=1S/C15H18N4O/c1-3-15(4-2)13(9-14(15)20)11-6-5-7-12(8-11)19-10-16-17-18-19/h5-8,10,13H,3-4,9H2,1-2H3. The first-order chi connectivity index (χ1) is 9.71. The molecule has 1 aliphatic carbocycles. The monoisotopic (exact) mass is 270 g/mol. The van der Waals surface area contributed by atoms with Crippen molar-refractivity contribution in [2.45, 2.75) is 39.0 Å². The van der Waals surface area contributed by atoms with E-state index >= 15 is 0 Å². The maximum Gasteiger partial charge on any atom is 0.143 e. The van der Waals surface area contributed by atoms with E-state index in [1.807, 2.05) is 12.1 Å². The number of Topliss-reactive ketones (excluding diaryl/α,β-unsaturated/α-hetero) is 1. The molecule has 20 heavy (non-hydrogen) atoms. The SMILES string of the molecule is CCC1(CC)C(=O)CC1c1cccc(-n2cnnn2)c1. The summed E-state index contributed by atoms with van der Waals surface area (Å²) in [6.45, 7) is 4.22. The van der Waals surface area contributed by atoms with Crippen molar-refractivity contribution in [2.75, 3.05) is 0 Å². The normalized spacial score (nSPS) is 20.7. The van der Waals surface area contributed by atoms with Gasteiger partial charge in [0.15, 0.2) is 0 Å². The van der Waals surface area contributed by atoms with Crippen LogP contribution in [-0.2, 0) is 4.79 Å². The molecule has 1 saturated carbocycles. The summed E-state index contributed by atoms with van der Waals surface area (Å²) in [5.74, 6) is 0.724. The van der Waals surface area contributed by atoms with Gasteiger partial charge in [-0.25, -0.2) is 4.68 Å². The largest absolute Gasteiger partial charge is 0.299 e. The highest BCUT2D eigenvalue weighted by atomic mass is 16.1. The fourth-order valence-corrected chi connectivity index (χ4v) is 3.38. The van der Waals surface area contributed by atoms with Crippen LogP contribution >= 0.6 is 0 Å². The second kappa shape index (κ2) is 4.81. The number of carbonyl (C=O) groups is 1. The van der Waals surface area contributed by atoms with E-state index in [0.717, 1.165) is 18.5 Å². The third-order valence-electron chi connectivity index (χ3n) is 4.76. The van der Waals surface area contributed by atoms with Crippen molar-refractivity contribution in [2.24, 2.45) is 5.41 Å². The smallest absolute Gasteiger partial charge is 0.143 e. The Hall–Kier alpha value is -2.04. The average Bonchev–Trinajstić information content (AvgIpc) is 3.00. The Morgan fingerprint density at radius 1 is 1.35 bits per heavy atom. The van der Waals surface area contributed by atoms with E-state index in [1.54, 1.807) is 11.0 Å². The zero-order valence-corrected chi connectivity index (χ0v) is 11.8. The zero-order valence-electron chi connectivity index (χ0n) is 11.8. The van der Waals surface area contributed by atoms with Crippen LogP contribution in [0.5, 0.6) is 0 Å². The number of benzene rings is 1. The lowest BCUT2D eigenvalue weighted by atomic mass is 9.54. The van der Waals surface area contributed by atoms with Crippen LogP contribution in [0.4, 0.5) is 0 Å². The predicted molar refractivity (Wildman–Crippen MR) is 74.5 cm³/mol. The summed E-state index contributed by atoms with van der Waals surface area (Å²) in [4.78, 5) is 12.1. The molecule has 1 aliphatic rings. The molecule has 2 aromatic rings. The summed E-state index contributed by atoms with van der Waals surface area (Å²) in [5.41, 5.74) is 1.98. The van der Waals surface area contributed by atoms with Gasteiger partial charge in [-0.1, -0.05) is 26.0 Å². The fraction of sp³-hybridized carbons (Fsp3) is 0.467. The lowest BCUT2D eigenvalue weighted by Gasteiger charge is -2.47. The molecule has 0 N–H and O–H groups in total. The highest BCUT2D eigenvalue weighted by molar-refractivity contribution is 5.93. The topological polar surface area (TPSA) is 60.7 Å². The van der Waals surface area contributed by atoms with Gasteiger partial charge in [-0.3, -0.25) is 4.79 Å². The highest BCUT2D eigenvalue weighted by Crippen LogP contribution is 2.54. The molecule has 1 fully saturated rings. The zero-order chi connectivity index (χ0) is 14.2. The number of aromatic nitrogens is 4. The maximum absolute atomic E-state index is 12.1. The van der Waals surface area contributed by atoms with Gasteiger partial charge in [0, 0.05) is 17.8 Å². The molecule has 0 bridgehead atoms. The number of nitrogens with zero attached hydrogens (tertiary/aromatic N) is 4. The third-order valence-corrected chi connectivity index (χ3v) is 4.76. The molecule has 0 aliphatic heterocycles.